The van der Waals surface area contributed by atoms with Crippen molar-refractivity contribution in [1.82, 2.24) is 0 Å². The van der Waals surface area contributed by atoms with Gasteiger partial charge in [-0.05, 0) is 25.3 Å². The van der Waals surface area contributed by atoms with Gasteiger partial charge in [-0.2, -0.15) is 0 Å². The largest absolute Gasteiger partial charge is 0.301 e. The number of carbonyl (C=O) groups excluding carboxylic acids is 1. The number of hydrogen-bond acceptors (Lipinski definition) is 2. The van der Waals surface area contributed by atoms with Crippen molar-refractivity contribution in [3.8, 4) is 0 Å². The van der Waals surface area contributed by atoms with Crippen LogP contribution in [-0.2, 0) is 4.79 Å². The maximum Gasteiger partial charge on any atom is 0.199 e. The first kappa shape index (κ1) is 8.18. The van der Waals surface area contributed by atoms with Gasteiger partial charge >= 0.3 is 0 Å². The Balaban J connectivity index is 2.73. The summed E-state index contributed by atoms with van der Waals surface area (Å²) in [6, 6.07) is 0. The number of hydrogen-bond donors (Lipinski definition) is 1. The summed E-state index contributed by atoms with van der Waals surface area (Å²) >= 11 is 0. The molecule has 2 nitrogen and oxygen atoms in total. The van der Waals surface area contributed by atoms with Crippen molar-refractivity contribution in [2.45, 2.75) is 26.2 Å². The fraction of sp³-hybridized carbons (Fsp3) is 0.556. The fourth-order valence-corrected chi connectivity index (χ4v) is 1.21. The molecule has 0 aromatic heterocycles. The van der Waals surface area contributed by atoms with Crippen LogP contribution in [-0.4, -0.2) is 11.5 Å². The van der Waals surface area contributed by atoms with E-state index in [1.54, 1.807) is 0 Å². The zero-order chi connectivity index (χ0) is 8.27. The van der Waals surface area contributed by atoms with E-state index in [1.165, 1.54) is 6.08 Å². The van der Waals surface area contributed by atoms with Crippen LogP contribution < -0.4 is 0 Å². The highest BCUT2D eigenvalue weighted by Gasteiger charge is 2.15. The van der Waals surface area contributed by atoms with Gasteiger partial charge in [-0.1, -0.05) is 13.0 Å². The molecule has 0 aromatic carbocycles. The minimum absolute atomic E-state index is 0.114. The Morgan fingerprint density at radius 3 is 3.09 bits per heavy atom. The van der Waals surface area contributed by atoms with Crippen LogP contribution in [0.25, 0.3) is 0 Å². The van der Waals surface area contributed by atoms with Crippen molar-refractivity contribution in [3.05, 3.63) is 12.2 Å². The molecule has 0 aliphatic heterocycles. The van der Waals surface area contributed by atoms with Crippen LogP contribution in [0.5, 0.6) is 0 Å². The molecule has 1 unspecified atom stereocenters. The summed E-state index contributed by atoms with van der Waals surface area (Å²) in [7, 11) is 0. The van der Waals surface area contributed by atoms with Gasteiger partial charge in [0.1, 0.15) is 0 Å². The highest BCUT2D eigenvalue weighted by Crippen LogP contribution is 2.13. The molecular formula is C9H13NO. The highest BCUT2D eigenvalue weighted by atomic mass is 16.1. The quantitative estimate of drug-likeness (QED) is 0.564. The second-order valence-electron chi connectivity index (χ2n) is 3.01. The maximum atomic E-state index is 11.1. The first-order valence-electron chi connectivity index (χ1n) is 4.01. The van der Waals surface area contributed by atoms with Gasteiger partial charge in [-0.3, -0.25) is 4.79 Å². The molecule has 0 aromatic rings. The number of allylic oxidation sites excluding steroid dienone is 2. The van der Waals surface area contributed by atoms with Crippen LogP contribution in [0.3, 0.4) is 0 Å². The van der Waals surface area contributed by atoms with Gasteiger partial charge in [-0.25, -0.2) is 0 Å². The lowest BCUT2D eigenvalue weighted by Gasteiger charge is -2.11. The van der Waals surface area contributed by atoms with Crippen molar-refractivity contribution in [2.75, 3.05) is 0 Å². The van der Waals surface area contributed by atoms with E-state index in [1.807, 2.05) is 13.0 Å². The van der Waals surface area contributed by atoms with Crippen LogP contribution >= 0.6 is 0 Å². The lowest BCUT2D eigenvalue weighted by molar-refractivity contribution is -0.109. The molecule has 60 valence electrons. The van der Waals surface area contributed by atoms with Crippen LogP contribution in [0.4, 0.5) is 0 Å². The van der Waals surface area contributed by atoms with E-state index in [4.69, 9.17) is 5.41 Å². The van der Waals surface area contributed by atoms with E-state index in [2.05, 4.69) is 0 Å². The first-order chi connectivity index (χ1) is 5.22. The molecule has 1 aliphatic carbocycles. The van der Waals surface area contributed by atoms with E-state index < -0.39 is 0 Å². The fourth-order valence-electron chi connectivity index (χ4n) is 1.21. The minimum atomic E-state index is -0.114. The Morgan fingerprint density at radius 2 is 2.36 bits per heavy atom. The third kappa shape index (κ3) is 2.00. The van der Waals surface area contributed by atoms with Crippen LogP contribution in [0.1, 0.15) is 26.2 Å². The minimum Gasteiger partial charge on any atom is -0.301 e. The average Bonchev–Trinajstić information content (AvgIpc) is 2.00. The topological polar surface area (TPSA) is 40.9 Å². The standard InChI is InChI=1S/C9H13NO/c1-7-5-3-2-4-6-8(11)9(7)10/h4,6-7,10H,2-3,5H2,1H3/b6-4-,10-9?. The van der Waals surface area contributed by atoms with Gasteiger partial charge in [0.05, 0.1) is 5.71 Å². The van der Waals surface area contributed by atoms with Gasteiger partial charge in [0.15, 0.2) is 5.78 Å². The molecule has 1 rings (SSSR count). The predicted molar refractivity (Wildman–Crippen MR) is 44.9 cm³/mol. The Bertz CT molecular complexity index is 206. The van der Waals surface area contributed by atoms with Gasteiger partial charge in [0.2, 0.25) is 0 Å². The molecule has 0 saturated carbocycles. The highest BCUT2D eigenvalue weighted by molar-refractivity contribution is 6.43. The van der Waals surface area contributed by atoms with Gasteiger partial charge < -0.3 is 5.41 Å². The average molecular weight is 151 g/mol. The van der Waals surface area contributed by atoms with Gasteiger partial charge in [0.25, 0.3) is 0 Å². The second kappa shape index (κ2) is 3.46. The van der Waals surface area contributed by atoms with Gasteiger partial charge in [-0.15, -0.1) is 0 Å². The molecule has 0 spiro atoms. The Kier molecular flexibility index (Phi) is 2.58. The third-order valence-electron chi connectivity index (χ3n) is 2.04. The maximum absolute atomic E-state index is 11.1. The van der Waals surface area contributed by atoms with Crippen molar-refractivity contribution in [3.63, 3.8) is 0 Å². The molecule has 1 aliphatic rings. The van der Waals surface area contributed by atoms with E-state index in [0.717, 1.165) is 19.3 Å². The molecule has 1 N–H and O–H groups in total. The number of carbonyl (C=O) groups is 1. The van der Waals surface area contributed by atoms with Crippen LogP contribution in [0.15, 0.2) is 12.2 Å². The molecule has 0 fully saturated rings. The SMILES string of the molecule is CC1CCC/C=C\C(=O)C1=N. The summed E-state index contributed by atoms with van der Waals surface area (Å²) in [5.74, 6) is 0.0321. The monoisotopic (exact) mass is 151 g/mol. The molecule has 0 saturated heterocycles. The summed E-state index contributed by atoms with van der Waals surface area (Å²) in [5, 5.41) is 7.44. The van der Waals surface area contributed by atoms with E-state index >= 15 is 0 Å². The van der Waals surface area contributed by atoms with Crippen molar-refractivity contribution < 1.29 is 4.79 Å². The van der Waals surface area contributed by atoms with Crippen molar-refractivity contribution in [1.29, 1.82) is 5.41 Å². The smallest absolute Gasteiger partial charge is 0.199 e. The molecule has 11 heavy (non-hydrogen) atoms. The lowest BCUT2D eigenvalue weighted by Crippen LogP contribution is -2.20. The lowest BCUT2D eigenvalue weighted by atomic mass is 9.93. The third-order valence-corrected chi connectivity index (χ3v) is 2.04. The summed E-state index contributed by atoms with van der Waals surface area (Å²) in [6.45, 7) is 1.94. The molecule has 1 atom stereocenters. The molecule has 2 heteroatoms. The van der Waals surface area contributed by atoms with E-state index in [9.17, 15) is 4.79 Å². The number of nitrogens with one attached hydrogen (secondary N) is 1. The zero-order valence-corrected chi connectivity index (χ0v) is 6.76. The number of ketones is 1. The zero-order valence-electron chi connectivity index (χ0n) is 6.76. The van der Waals surface area contributed by atoms with Crippen molar-refractivity contribution in [2.24, 2.45) is 5.92 Å². The summed E-state index contributed by atoms with van der Waals surface area (Å²) < 4.78 is 0. The Morgan fingerprint density at radius 1 is 1.64 bits per heavy atom. The molecule has 0 radical (unpaired) electrons. The molecule has 0 bridgehead atoms. The molecule has 0 heterocycles. The normalized spacial score (nSPS) is 29.4. The van der Waals surface area contributed by atoms with Gasteiger partial charge in [0, 0.05) is 5.92 Å². The summed E-state index contributed by atoms with van der Waals surface area (Å²) in [5.41, 5.74) is 0.265. The van der Waals surface area contributed by atoms with Crippen LogP contribution in [0, 0.1) is 11.3 Å². The predicted octanol–water partition coefficient (Wildman–Crippen LogP) is 1.95. The Hall–Kier alpha value is -0.920. The second-order valence-corrected chi connectivity index (χ2v) is 3.01. The van der Waals surface area contributed by atoms with Crippen LogP contribution in [0.2, 0.25) is 0 Å². The summed E-state index contributed by atoms with van der Waals surface area (Å²) in [6.07, 6.45) is 6.42. The first-order valence-corrected chi connectivity index (χ1v) is 4.01. The number of rotatable bonds is 0. The van der Waals surface area contributed by atoms with Crippen molar-refractivity contribution >= 4 is 11.5 Å². The Labute approximate surface area is 66.8 Å². The molecule has 0 amide bonds. The molecular weight excluding hydrogens is 138 g/mol. The van der Waals surface area contributed by atoms with E-state index in [0.29, 0.717) is 0 Å². The van der Waals surface area contributed by atoms with E-state index in [-0.39, 0.29) is 17.4 Å². The summed E-state index contributed by atoms with van der Waals surface area (Å²) in [4.78, 5) is 11.1.